The fourth-order valence-electron chi connectivity index (χ4n) is 2.90. The summed E-state index contributed by atoms with van der Waals surface area (Å²) in [7, 11) is 0. The highest BCUT2D eigenvalue weighted by molar-refractivity contribution is 7.22. The van der Waals surface area contributed by atoms with E-state index in [1.807, 2.05) is 0 Å². The van der Waals surface area contributed by atoms with Crippen LogP contribution in [-0.2, 0) is 0 Å². The molecule has 3 nitrogen and oxygen atoms in total. The molecule has 0 amide bonds. The maximum absolute atomic E-state index is 13.3. The topological polar surface area (TPSA) is 57.5 Å². The minimum absolute atomic E-state index is 0.132. The SMILES string of the molecule is O=C(c1cccc(Cl)c1)c1c(-c2ccc(O)cc2)sc2cc(O)ccc12. The number of ketones is 1. The molecule has 0 radical (unpaired) electrons. The van der Waals surface area contributed by atoms with Gasteiger partial charge in [0, 0.05) is 31.1 Å². The molecule has 3 aromatic carbocycles. The number of benzene rings is 3. The van der Waals surface area contributed by atoms with E-state index in [0.29, 0.717) is 16.1 Å². The van der Waals surface area contributed by atoms with E-state index in [2.05, 4.69) is 0 Å². The molecule has 0 aliphatic carbocycles. The Labute approximate surface area is 158 Å². The Kier molecular flexibility index (Phi) is 4.15. The molecule has 5 heteroatoms. The monoisotopic (exact) mass is 380 g/mol. The zero-order valence-corrected chi connectivity index (χ0v) is 15.0. The Morgan fingerprint density at radius 3 is 2.35 bits per heavy atom. The van der Waals surface area contributed by atoms with E-state index in [0.717, 1.165) is 20.5 Å². The summed E-state index contributed by atoms with van der Waals surface area (Å²) in [5.74, 6) is 0.181. The van der Waals surface area contributed by atoms with Gasteiger partial charge in [-0.25, -0.2) is 0 Å². The van der Waals surface area contributed by atoms with Crippen LogP contribution in [-0.4, -0.2) is 16.0 Å². The number of thiophene rings is 1. The van der Waals surface area contributed by atoms with E-state index in [1.165, 1.54) is 11.3 Å². The summed E-state index contributed by atoms with van der Waals surface area (Å²) >= 11 is 7.48. The summed E-state index contributed by atoms with van der Waals surface area (Å²) < 4.78 is 0.818. The van der Waals surface area contributed by atoms with E-state index in [4.69, 9.17) is 11.6 Å². The zero-order valence-electron chi connectivity index (χ0n) is 13.4. The van der Waals surface area contributed by atoms with Crippen molar-refractivity contribution < 1.29 is 15.0 Å². The fourth-order valence-corrected chi connectivity index (χ4v) is 4.33. The zero-order chi connectivity index (χ0) is 18.3. The smallest absolute Gasteiger partial charge is 0.195 e. The Hall–Kier alpha value is -2.82. The summed E-state index contributed by atoms with van der Waals surface area (Å²) in [5.41, 5.74) is 1.90. The Bertz CT molecular complexity index is 1130. The second-order valence-corrected chi connectivity index (χ2v) is 7.36. The summed E-state index contributed by atoms with van der Waals surface area (Å²) in [5, 5.41) is 20.6. The van der Waals surface area contributed by atoms with Gasteiger partial charge in [-0.15, -0.1) is 11.3 Å². The van der Waals surface area contributed by atoms with E-state index < -0.39 is 0 Å². The lowest BCUT2D eigenvalue weighted by atomic mass is 9.97. The predicted octanol–water partition coefficient (Wildman–Crippen LogP) is 5.86. The van der Waals surface area contributed by atoms with Crippen LogP contribution in [0.3, 0.4) is 0 Å². The van der Waals surface area contributed by atoms with Crippen molar-refractivity contribution in [1.29, 1.82) is 0 Å². The highest BCUT2D eigenvalue weighted by Gasteiger charge is 2.22. The van der Waals surface area contributed by atoms with Crippen LogP contribution in [0.4, 0.5) is 0 Å². The lowest BCUT2D eigenvalue weighted by molar-refractivity contribution is 0.104. The molecule has 0 aliphatic rings. The molecular weight excluding hydrogens is 368 g/mol. The van der Waals surface area contributed by atoms with Crippen molar-refractivity contribution >= 4 is 38.8 Å². The van der Waals surface area contributed by atoms with Gasteiger partial charge in [-0.2, -0.15) is 0 Å². The van der Waals surface area contributed by atoms with Gasteiger partial charge in [0.15, 0.2) is 5.78 Å². The van der Waals surface area contributed by atoms with Crippen LogP contribution in [0.2, 0.25) is 5.02 Å². The molecule has 0 aliphatic heterocycles. The lowest BCUT2D eigenvalue weighted by Crippen LogP contribution is -2.02. The van der Waals surface area contributed by atoms with Crippen molar-refractivity contribution in [3.63, 3.8) is 0 Å². The van der Waals surface area contributed by atoms with Crippen molar-refractivity contribution in [1.82, 2.24) is 0 Å². The average Bonchev–Trinajstić information content (AvgIpc) is 3.00. The van der Waals surface area contributed by atoms with Gasteiger partial charge < -0.3 is 10.2 Å². The van der Waals surface area contributed by atoms with Crippen LogP contribution in [0, 0.1) is 0 Å². The quantitative estimate of drug-likeness (QED) is 0.437. The largest absolute Gasteiger partial charge is 0.508 e. The minimum atomic E-state index is -0.132. The molecule has 4 rings (SSSR count). The third kappa shape index (κ3) is 2.94. The van der Waals surface area contributed by atoms with E-state index in [1.54, 1.807) is 66.7 Å². The summed E-state index contributed by atoms with van der Waals surface area (Å²) in [6, 6.07) is 18.6. The van der Waals surface area contributed by atoms with Crippen molar-refractivity contribution in [3.8, 4) is 21.9 Å². The van der Waals surface area contributed by atoms with Crippen molar-refractivity contribution in [3.05, 3.63) is 82.9 Å². The van der Waals surface area contributed by atoms with Crippen molar-refractivity contribution in [2.24, 2.45) is 0 Å². The standard InChI is InChI=1S/C21H13ClO3S/c22-14-3-1-2-13(10-14)20(25)19-17-9-8-16(24)11-18(17)26-21(19)12-4-6-15(23)7-5-12/h1-11,23-24H. The predicted molar refractivity (Wildman–Crippen MR) is 105 cm³/mol. The van der Waals surface area contributed by atoms with Crippen molar-refractivity contribution in [2.45, 2.75) is 0 Å². The molecule has 4 aromatic rings. The number of carbonyl (C=O) groups excluding carboxylic acids is 1. The Morgan fingerprint density at radius 2 is 1.62 bits per heavy atom. The first kappa shape index (κ1) is 16.6. The lowest BCUT2D eigenvalue weighted by Gasteiger charge is -2.06. The average molecular weight is 381 g/mol. The van der Waals surface area contributed by atoms with Crippen LogP contribution in [0.5, 0.6) is 11.5 Å². The number of fused-ring (bicyclic) bond motifs is 1. The van der Waals surface area contributed by atoms with Crippen molar-refractivity contribution in [2.75, 3.05) is 0 Å². The normalized spacial score (nSPS) is 11.0. The number of halogens is 1. The number of aromatic hydroxyl groups is 2. The second kappa shape index (κ2) is 6.48. The van der Waals surface area contributed by atoms with Crippen LogP contribution in [0.25, 0.3) is 20.5 Å². The third-order valence-electron chi connectivity index (χ3n) is 4.12. The number of carbonyl (C=O) groups is 1. The first-order valence-electron chi connectivity index (χ1n) is 7.88. The van der Waals surface area contributed by atoms with Crippen LogP contribution >= 0.6 is 22.9 Å². The maximum atomic E-state index is 13.3. The van der Waals surface area contributed by atoms with Crippen LogP contribution in [0.1, 0.15) is 15.9 Å². The highest BCUT2D eigenvalue weighted by atomic mass is 35.5. The van der Waals surface area contributed by atoms with E-state index >= 15 is 0 Å². The van der Waals surface area contributed by atoms with E-state index in [-0.39, 0.29) is 17.3 Å². The first-order valence-corrected chi connectivity index (χ1v) is 9.07. The van der Waals surface area contributed by atoms with Gasteiger partial charge >= 0.3 is 0 Å². The molecule has 1 aromatic heterocycles. The maximum Gasteiger partial charge on any atom is 0.195 e. The number of phenolic OH excluding ortho intramolecular Hbond substituents is 2. The summed E-state index contributed by atoms with van der Waals surface area (Å²) in [6.45, 7) is 0. The number of phenols is 2. The number of hydrogen-bond acceptors (Lipinski definition) is 4. The molecule has 0 unspecified atom stereocenters. The molecule has 0 bridgehead atoms. The van der Waals surface area contributed by atoms with Gasteiger partial charge in [0.25, 0.3) is 0 Å². The molecule has 1 heterocycles. The van der Waals surface area contributed by atoms with Gasteiger partial charge in [-0.1, -0.05) is 23.7 Å². The molecule has 0 saturated carbocycles. The summed E-state index contributed by atoms with van der Waals surface area (Å²) in [4.78, 5) is 14.0. The molecule has 0 atom stereocenters. The third-order valence-corrected chi connectivity index (χ3v) is 5.55. The Balaban J connectivity index is 1.98. The molecule has 0 saturated heterocycles. The van der Waals surface area contributed by atoms with Crippen LogP contribution < -0.4 is 0 Å². The molecule has 0 spiro atoms. The van der Waals surface area contributed by atoms with Gasteiger partial charge in [-0.3, -0.25) is 4.79 Å². The van der Waals surface area contributed by atoms with E-state index in [9.17, 15) is 15.0 Å². The Morgan fingerprint density at radius 1 is 0.885 bits per heavy atom. The number of hydrogen-bond donors (Lipinski definition) is 2. The fraction of sp³-hybridized carbons (Fsp3) is 0. The highest BCUT2D eigenvalue weighted by Crippen LogP contribution is 2.41. The number of rotatable bonds is 3. The van der Waals surface area contributed by atoms with Gasteiger partial charge in [0.2, 0.25) is 0 Å². The molecule has 0 fully saturated rings. The minimum Gasteiger partial charge on any atom is -0.508 e. The van der Waals surface area contributed by atoms with Gasteiger partial charge in [0.1, 0.15) is 11.5 Å². The molecule has 2 N–H and O–H groups in total. The first-order chi connectivity index (χ1) is 12.5. The van der Waals surface area contributed by atoms with Crippen LogP contribution in [0.15, 0.2) is 66.7 Å². The molecular formula is C21H13ClO3S. The van der Waals surface area contributed by atoms with Gasteiger partial charge in [-0.05, 0) is 60.2 Å². The molecule has 26 heavy (non-hydrogen) atoms. The second-order valence-electron chi connectivity index (χ2n) is 5.87. The van der Waals surface area contributed by atoms with Gasteiger partial charge in [0.05, 0.1) is 0 Å². The molecule has 128 valence electrons. The summed E-state index contributed by atoms with van der Waals surface area (Å²) in [6.07, 6.45) is 0.